The van der Waals surface area contributed by atoms with Gasteiger partial charge in [-0.05, 0) is 44.5 Å². The average Bonchev–Trinajstić information content (AvgIpc) is 2.58. The van der Waals surface area contributed by atoms with E-state index in [-0.39, 0.29) is 6.04 Å². The summed E-state index contributed by atoms with van der Waals surface area (Å²) in [7, 11) is 3.04. The summed E-state index contributed by atoms with van der Waals surface area (Å²) in [4.78, 5) is 35.1. The minimum atomic E-state index is -1.12. The molecule has 8 nitrogen and oxygen atoms in total. The van der Waals surface area contributed by atoms with Gasteiger partial charge in [0.25, 0.3) is 5.91 Å². The second-order valence-corrected chi connectivity index (χ2v) is 5.68. The molecular formula is C18H24N2O6. The molecule has 0 saturated heterocycles. The molecule has 0 spiro atoms. The van der Waals surface area contributed by atoms with Crippen LogP contribution in [-0.2, 0) is 14.3 Å². The Bertz CT molecular complexity index is 662. The van der Waals surface area contributed by atoms with Crippen LogP contribution in [0.5, 0.6) is 11.5 Å². The fraction of sp³-hybridized carbons (Fsp3) is 0.389. The van der Waals surface area contributed by atoms with Crippen molar-refractivity contribution in [2.45, 2.75) is 32.9 Å². The van der Waals surface area contributed by atoms with E-state index in [2.05, 4.69) is 10.6 Å². The smallest absolute Gasteiger partial charge is 0.331 e. The first-order valence-electron chi connectivity index (χ1n) is 7.98. The predicted molar refractivity (Wildman–Crippen MR) is 95.9 cm³/mol. The van der Waals surface area contributed by atoms with E-state index in [0.717, 1.165) is 0 Å². The third-order valence-electron chi connectivity index (χ3n) is 3.10. The molecule has 1 rings (SSSR count). The molecule has 0 aromatic heterocycles. The van der Waals surface area contributed by atoms with Crippen LogP contribution in [0, 0.1) is 0 Å². The van der Waals surface area contributed by atoms with Crippen LogP contribution in [0.1, 0.15) is 26.3 Å². The first-order valence-corrected chi connectivity index (χ1v) is 7.98. The maximum atomic E-state index is 11.9. The quantitative estimate of drug-likeness (QED) is 0.566. The fourth-order valence-electron chi connectivity index (χ4n) is 1.87. The van der Waals surface area contributed by atoms with E-state index in [4.69, 9.17) is 14.2 Å². The molecule has 0 radical (unpaired) electrons. The highest BCUT2D eigenvalue weighted by molar-refractivity contribution is 5.98. The summed E-state index contributed by atoms with van der Waals surface area (Å²) >= 11 is 0. The van der Waals surface area contributed by atoms with E-state index in [9.17, 15) is 14.4 Å². The van der Waals surface area contributed by atoms with Gasteiger partial charge in [-0.15, -0.1) is 0 Å². The molecule has 0 bridgehead atoms. The van der Waals surface area contributed by atoms with Crippen molar-refractivity contribution in [1.29, 1.82) is 0 Å². The molecule has 2 N–H and O–H groups in total. The molecule has 0 aliphatic heterocycles. The van der Waals surface area contributed by atoms with Crippen LogP contribution in [-0.4, -0.2) is 44.3 Å². The maximum Gasteiger partial charge on any atom is 0.331 e. The molecule has 1 aromatic carbocycles. The highest BCUT2D eigenvalue weighted by Gasteiger charge is 2.19. The number of benzene rings is 1. The van der Waals surface area contributed by atoms with Gasteiger partial charge in [0.1, 0.15) is 11.5 Å². The molecular weight excluding hydrogens is 340 g/mol. The summed E-state index contributed by atoms with van der Waals surface area (Å²) in [6.45, 7) is 4.88. The van der Waals surface area contributed by atoms with Crippen molar-refractivity contribution in [3.8, 4) is 11.5 Å². The number of carbonyl (C=O) groups excluding carboxylic acids is 3. The average molecular weight is 364 g/mol. The van der Waals surface area contributed by atoms with Crippen LogP contribution in [0.15, 0.2) is 24.3 Å². The van der Waals surface area contributed by atoms with Crippen molar-refractivity contribution in [2.75, 3.05) is 14.2 Å². The second kappa shape index (κ2) is 10.1. The van der Waals surface area contributed by atoms with Crippen LogP contribution in [0.3, 0.4) is 0 Å². The van der Waals surface area contributed by atoms with Crippen molar-refractivity contribution in [3.05, 3.63) is 29.8 Å². The van der Waals surface area contributed by atoms with Gasteiger partial charge in [-0.3, -0.25) is 10.1 Å². The normalized spacial score (nSPS) is 11.8. The number of carbonyl (C=O) groups is 3. The Morgan fingerprint density at radius 1 is 1.00 bits per heavy atom. The van der Waals surface area contributed by atoms with Crippen LogP contribution in [0.2, 0.25) is 0 Å². The molecule has 8 heteroatoms. The monoisotopic (exact) mass is 364 g/mol. The topological polar surface area (TPSA) is 103 Å². The van der Waals surface area contributed by atoms with E-state index >= 15 is 0 Å². The van der Waals surface area contributed by atoms with Crippen molar-refractivity contribution >= 4 is 24.0 Å². The third-order valence-corrected chi connectivity index (χ3v) is 3.10. The summed E-state index contributed by atoms with van der Waals surface area (Å²) < 4.78 is 15.3. The minimum Gasteiger partial charge on any atom is -0.497 e. The lowest BCUT2D eigenvalue weighted by atomic mass is 10.2. The molecule has 1 atom stereocenters. The molecule has 0 aliphatic carbocycles. The van der Waals surface area contributed by atoms with Crippen LogP contribution >= 0.6 is 0 Å². The van der Waals surface area contributed by atoms with Gasteiger partial charge in [0.05, 0.1) is 14.2 Å². The molecule has 26 heavy (non-hydrogen) atoms. The lowest BCUT2D eigenvalue weighted by Gasteiger charge is -2.13. The molecule has 3 amide bonds. The number of ether oxygens (including phenoxy) is 3. The molecule has 0 fully saturated rings. The maximum absolute atomic E-state index is 11.9. The van der Waals surface area contributed by atoms with Gasteiger partial charge in [-0.25, -0.2) is 9.59 Å². The largest absolute Gasteiger partial charge is 0.497 e. The van der Waals surface area contributed by atoms with Crippen molar-refractivity contribution in [2.24, 2.45) is 0 Å². The van der Waals surface area contributed by atoms with Gasteiger partial charge >= 0.3 is 12.0 Å². The van der Waals surface area contributed by atoms with Gasteiger partial charge in [-0.1, -0.05) is 0 Å². The van der Waals surface area contributed by atoms with Gasteiger partial charge in [-0.2, -0.15) is 0 Å². The number of amides is 3. The number of imide groups is 1. The highest BCUT2D eigenvalue weighted by atomic mass is 16.5. The summed E-state index contributed by atoms with van der Waals surface area (Å²) in [5.41, 5.74) is 0.659. The van der Waals surface area contributed by atoms with Crippen LogP contribution in [0.25, 0.3) is 6.08 Å². The zero-order valence-electron chi connectivity index (χ0n) is 15.5. The van der Waals surface area contributed by atoms with Gasteiger partial charge < -0.3 is 19.5 Å². The van der Waals surface area contributed by atoms with Crippen molar-refractivity contribution in [3.63, 3.8) is 0 Å². The van der Waals surface area contributed by atoms with Gasteiger partial charge in [0, 0.05) is 18.2 Å². The zero-order valence-corrected chi connectivity index (χ0v) is 15.5. The van der Waals surface area contributed by atoms with E-state index in [1.807, 2.05) is 0 Å². The number of esters is 1. The standard InChI is InChI=1S/C18H24N2O6/c1-11(2)19-18(23)20-17(22)12(3)26-16(21)7-6-13-8-14(24-4)10-15(9-13)25-5/h6-12H,1-5H3,(H2,19,20,22,23)/b7-6+/t12-/m1/s1. The Kier molecular flexibility index (Phi) is 8.14. The Balaban J connectivity index is 2.64. The lowest BCUT2D eigenvalue weighted by molar-refractivity contribution is -0.149. The molecule has 0 unspecified atom stereocenters. The van der Waals surface area contributed by atoms with E-state index in [1.165, 1.54) is 33.3 Å². The Morgan fingerprint density at radius 2 is 1.58 bits per heavy atom. The lowest BCUT2D eigenvalue weighted by Crippen LogP contribution is -2.46. The summed E-state index contributed by atoms with van der Waals surface area (Å²) in [6, 6.07) is 4.34. The highest BCUT2D eigenvalue weighted by Crippen LogP contribution is 2.23. The summed E-state index contributed by atoms with van der Waals surface area (Å²) in [6.07, 6.45) is 1.56. The number of rotatable bonds is 7. The van der Waals surface area contributed by atoms with E-state index in [1.54, 1.807) is 32.0 Å². The number of nitrogens with one attached hydrogen (secondary N) is 2. The first kappa shape index (κ1) is 21.0. The predicted octanol–water partition coefficient (Wildman–Crippen LogP) is 1.88. The van der Waals surface area contributed by atoms with Crippen LogP contribution < -0.4 is 20.1 Å². The SMILES string of the molecule is COc1cc(/C=C/C(=O)O[C@H](C)C(=O)NC(=O)NC(C)C)cc(OC)c1. The Labute approximate surface area is 152 Å². The number of hydrogen-bond acceptors (Lipinski definition) is 6. The van der Waals surface area contributed by atoms with Gasteiger partial charge in [0.2, 0.25) is 0 Å². The third kappa shape index (κ3) is 7.25. The minimum absolute atomic E-state index is 0.122. The Hall–Kier alpha value is -3.03. The summed E-state index contributed by atoms with van der Waals surface area (Å²) in [5.74, 6) is -0.297. The number of hydrogen-bond donors (Lipinski definition) is 2. The molecule has 0 saturated carbocycles. The number of methoxy groups -OCH3 is 2. The van der Waals surface area contributed by atoms with Crippen LogP contribution in [0.4, 0.5) is 4.79 Å². The molecule has 1 aromatic rings. The second-order valence-electron chi connectivity index (χ2n) is 5.68. The zero-order chi connectivity index (χ0) is 19.7. The number of urea groups is 1. The van der Waals surface area contributed by atoms with Gasteiger partial charge in [0.15, 0.2) is 6.10 Å². The van der Waals surface area contributed by atoms with E-state index < -0.39 is 24.0 Å². The fourth-order valence-corrected chi connectivity index (χ4v) is 1.87. The van der Waals surface area contributed by atoms with E-state index in [0.29, 0.717) is 17.1 Å². The molecule has 0 aliphatic rings. The Morgan fingerprint density at radius 3 is 2.08 bits per heavy atom. The first-order chi connectivity index (χ1) is 12.2. The molecule has 142 valence electrons. The summed E-state index contributed by atoms with van der Waals surface area (Å²) in [5, 5.41) is 4.60. The molecule has 0 heterocycles. The van der Waals surface area contributed by atoms with Crippen molar-refractivity contribution < 1.29 is 28.6 Å². The van der Waals surface area contributed by atoms with Crippen molar-refractivity contribution in [1.82, 2.24) is 10.6 Å².